The summed E-state index contributed by atoms with van der Waals surface area (Å²) in [5.74, 6) is -1.00. The van der Waals surface area contributed by atoms with Gasteiger partial charge in [0.05, 0.1) is 16.6 Å². The van der Waals surface area contributed by atoms with E-state index < -0.39 is 17.8 Å². The molecular weight excluding hydrogens is 411 g/mol. The van der Waals surface area contributed by atoms with E-state index in [1.165, 1.54) is 17.0 Å². The number of benzene rings is 2. The molecule has 2 aromatic carbocycles. The first-order valence-corrected chi connectivity index (χ1v) is 10.8. The second-order valence-corrected chi connectivity index (χ2v) is 8.43. The number of halogens is 1. The van der Waals surface area contributed by atoms with Crippen LogP contribution in [-0.4, -0.2) is 52.5 Å². The molecule has 0 spiro atoms. The van der Waals surface area contributed by atoms with Crippen molar-refractivity contribution in [3.63, 3.8) is 0 Å². The summed E-state index contributed by atoms with van der Waals surface area (Å²) in [5.41, 5.74) is 1.00. The molecule has 1 saturated heterocycles. The van der Waals surface area contributed by atoms with Crippen molar-refractivity contribution in [3.05, 3.63) is 75.5 Å². The molecule has 2 aliphatic rings. The second kappa shape index (κ2) is 8.27. The van der Waals surface area contributed by atoms with Crippen LogP contribution in [0.2, 0.25) is 0 Å². The molecule has 8 heteroatoms. The minimum absolute atomic E-state index is 0.0194. The topological polar surface area (TPSA) is 95.2 Å². The third-order valence-electron chi connectivity index (χ3n) is 6.22. The van der Waals surface area contributed by atoms with E-state index in [2.05, 4.69) is 15.5 Å². The summed E-state index contributed by atoms with van der Waals surface area (Å²) >= 11 is 0. The summed E-state index contributed by atoms with van der Waals surface area (Å²) in [6.07, 6.45) is 2.05. The molecule has 1 aromatic heterocycles. The number of H-pyrrole nitrogens is 1. The van der Waals surface area contributed by atoms with Gasteiger partial charge in [-0.3, -0.25) is 14.4 Å². The summed E-state index contributed by atoms with van der Waals surface area (Å²) in [5, 5.41) is 11.1. The molecule has 1 aliphatic carbocycles. The Hall–Kier alpha value is -3.39. The highest BCUT2D eigenvalue weighted by Gasteiger charge is 2.40. The maximum Gasteiger partial charge on any atom is 0.272 e. The van der Waals surface area contributed by atoms with E-state index in [4.69, 9.17) is 0 Å². The molecule has 7 nitrogen and oxygen atoms in total. The van der Waals surface area contributed by atoms with Gasteiger partial charge in [-0.25, -0.2) is 9.49 Å². The highest BCUT2D eigenvalue weighted by Crippen LogP contribution is 2.32. The van der Waals surface area contributed by atoms with Gasteiger partial charge in [-0.05, 0) is 36.6 Å². The van der Waals surface area contributed by atoms with Gasteiger partial charge >= 0.3 is 0 Å². The number of carbonyl (C=O) groups is 2. The van der Waals surface area contributed by atoms with Gasteiger partial charge < -0.3 is 10.2 Å². The first-order valence-electron chi connectivity index (χ1n) is 10.8. The lowest BCUT2D eigenvalue weighted by molar-refractivity contribution is -0.125. The van der Waals surface area contributed by atoms with E-state index >= 15 is 0 Å². The summed E-state index contributed by atoms with van der Waals surface area (Å²) in [6, 6.07) is 11.0. The molecule has 0 radical (unpaired) electrons. The second-order valence-electron chi connectivity index (χ2n) is 8.43. The lowest BCUT2D eigenvalue weighted by Gasteiger charge is -2.35. The third-order valence-corrected chi connectivity index (χ3v) is 6.22. The largest absolute Gasteiger partial charge is 0.326 e. The van der Waals surface area contributed by atoms with Gasteiger partial charge in [0.25, 0.3) is 11.5 Å². The molecule has 3 aromatic rings. The van der Waals surface area contributed by atoms with Crippen LogP contribution in [0, 0.1) is 11.7 Å². The Labute approximate surface area is 183 Å². The van der Waals surface area contributed by atoms with E-state index in [1.807, 2.05) is 12.1 Å². The van der Waals surface area contributed by atoms with Crippen molar-refractivity contribution in [1.82, 2.24) is 20.4 Å². The van der Waals surface area contributed by atoms with Gasteiger partial charge in [0.1, 0.15) is 11.9 Å². The minimum Gasteiger partial charge on any atom is -0.326 e. The number of nitrogens with zero attached hydrogens (tertiary/aromatic N) is 2. The van der Waals surface area contributed by atoms with Crippen LogP contribution in [-0.2, 0) is 11.2 Å². The molecule has 164 valence electrons. The third kappa shape index (κ3) is 3.82. The first kappa shape index (κ1) is 20.5. The normalized spacial score (nSPS) is 18.7. The van der Waals surface area contributed by atoms with E-state index in [9.17, 15) is 18.8 Å². The summed E-state index contributed by atoms with van der Waals surface area (Å²) in [6.45, 7) is 1.32. The lowest BCUT2D eigenvalue weighted by atomic mass is 10.00. The number of carbonyl (C=O) groups excluding carboxylic acids is 2. The van der Waals surface area contributed by atoms with Gasteiger partial charge in [-0.2, -0.15) is 5.10 Å². The van der Waals surface area contributed by atoms with E-state index in [-0.39, 0.29) is 22.8 Å². The van der Waals surface area contributed by atoms with Crippen molar-refractivity contribution in [2.45, 2.75) is 25.3 Å². The van der Waals surface area contributed by atoms with Crippen molar-refractivity contribution in [3.8, 4) is 0 Å². The number of Topliss-reactive ketones (excluding diaryl/α,β-unsaturated/α-hetero) is 1. The number of hydrogen-bond acceptors (Lipinski definition) is 5. The average Bonchev–Trinajstić information content (AvgIpc) is 3.67. The van der Waals surface area contributed by atoms with Crippen LogP contribution in [0.3, 0.4) is 0 Å². The molecule has 1 amide bonds. The van der Waals surface area contributed by atoms with Crippen molar-refractivity contribution < 1.29 is 14.0 Å². The molecule has 2 fully saturated rings. The number of hydrogen-bond donors (Lipinski definition) is 2. The Morgan fingerprint density at radius 2 is 1.91 bits per heavy atom. The maximum absolute atomic E-state index is 14.7. The lowest BCUT2D eigenvalue weighted by Crippen LogP contribution is -2.57. The summed E-state index contributed by atoms with van der Waals surface area (Å²) in [7, 11) is 0. The molecule has 2 heterocycles. The molecule has 1 aliphatic heterocycles. The van der Waals surface area contributed by atoms with Crippen LogP contribution in [0.4, 0.5) is 4.39 Å². The van der Waals surface area contributed by atoms with Gasteiger partial charge in [0, 0.05) is 37.4 Å². The van der Waals surface area contributed by atoms with Crippen molar-refractivity contribution in [2.24, 2.45) is 5.92 Å². The fourth-order valence-electron chi connectivity index (χ4n) is 4.34. The number of aromatic nitrogens is 2. The zero-order valence-electron chi connectivity index (χ0n) is 17.4. The SMILES string of the molecule is O=C(C1CC1)C1CNCCN1C(=O)c1cc(Cc2n[nH]c(=O)c3ccccc23)ccc1F. The molecule has 1 atom stereocenters. The van der Waals surface area contributed by atoms with E-state index in [0.717, 1.165) is 12.8 Å². The van der Waals surface area contributed by atoms with Crippen molar-refractivity contribution >= 4 is 22.5 Å². The van der Waals surface area contributed by atoms with E-state index in [0.29, 0.717) is 48.1 Å². The van der Waals surface area contributed by atoms with Crippen molar-refractivity contribution in [1.29, 1.82) is 0 Å². The number of aromatic amines is 1. The zero-order valence-corrected chi connectivity index (χ0v) is 17.4. The fourth-order valence-corrected chi connectivity index (χ4v) is 4.34. The first-order chi connectivity index (χ1) is 15.5. The molecule has 1 saturated carbocycles. The van der Waals surface area contributed by atoms with Gasteiger partial charge in [-0.1, -0.05) is 24.3 Å². The van der Waals surface area contributed by atoms with Crippen LogP contribution in [0.25, 0.3) is 10.8 Å². The monoisotopic (exact) mass is 434 g/mol. The average molecular weight is 434 g/mol. The van der Waals surface area contributed by atoms with Crippen LogP contribution in [0.1, 0.15) is 34.5 Å². The molecule has 1 unspecified atom stereocenters. The van der Waals surface area contributed by atoms with Crippen LogP contribution >= 0.6 is 0 Å². The number of piperazine rings is 1. The number of amides is 1. The Kier molecular flexibility index (Phi) is 5.30. The molecule has 32 heavy (non-hydrogen) atoms. The van der Waals surface area contributed by atoms with Gasteiger partial charge in [-0.15, -0.1) is 0 Å². The van der Waals surface area contributed by atoms with Crippen LogP contribution < -0.4 is 10.9 Å². The molecule has 0 bridgehead atoms. The number of fused-ring (bicyclic) bond motifs is 1. The Balaban J connectivity index is 1.45. The number of ketones is 1. The van der Waals surface area contributed by atoms with Crippen molar-refractivity contribution in [2.75, 3.05) is 19.6 Å². The Morgan fingerprint density at radius 3 is 2.69 bits per heavy atom. The quantitative estimate of drug-likeness (QED) is 0.641. The number of nitrogens with one attached hydrogen (secondary N) is 2. The minimum atomic E-state index is -0.616. The Bertz CT molecular complexity index is 1270. The van der Waals surface area contributed by atoms with Crippen LogP contribution in [0.5, 0.6) is 0 Å². The van der Waals surface area contributed by atoms with Crippen LogP contribution in [0.15, 0.2) is 47.3 Å². The van der Waals surface area contributed by atoms with Gasteiger partial charge in [0.15, 0.2) is 5.78 Å². The predicted molar refractivity (Wildman–Crippen MR) is 117 cm³/mol. The fraction of sp³-hybridized carbons (Fsp3) is 0.333. The Morgan fingerprint density at radius 1 is 1.12 bits per heavy atom. The van der Waals surface area contributed by atoms with Gasteiger partial charge in [0.2, 0.25) is 0 Å². The maximum atomic E-state index is 14.7. The highest BCUT2D eigenvalue weighted by atomic mass is 19.1. The molecule has 5 rings (SSSR count). The zero-order chi connectivity index (χ0) is 22.2. The molecule has 2 N–H and O–H groups in total. The smallest absolute Gasteiger partial charge is 0.272 e. The predicted octanol–water partition coefficient (Wildman–Crippen LogP) is 2.05. The van der Waals surface area contributed by atoms with E-state index in [1.54, 1.807) is 18.2 Å². The highest BCUT2D eigenvalue weighted by molar-refractivity contribution is 5.99. The number of rotatable bonds is 5. The summed E-state index contributed by atoms with van der Waals surface area (Å²) in [4.78, 5) is 39.5. The molecular formula is C24H23FN4O3. The standard InChI is InChI=1S/C24H23FN4O3/c25-19-8-5-14(12-20-16-3-1-2-4-17(16)23(31)28-27-20)11-18(19)24(32)29-10-9-26-13-21(29)22(30)15-6-7-15/h1-5,8,11,15,21,26H,6-7,9-10,12-13H2,(H,28,31). The summed E-state index contributed by atoms with van der Waals surface area (Å²) < 4.78 is 14.7.